The second-order valence-electron chi connectivity index (χ2n) is 9.18. The van der Waals surface area contributed by atoms with E-state index in [9.17, 15) is 9.59 Å². The largest absolute Gasteiger partial charge is 0.274 e. The van der Waals surface area contributed by atoms with E-state index in [-0.39, 0.29) is 29.6 Å². The Bertz CT molecular complexity index is 1210. The van der Waals surface area contributed by atoms with Crippen LogP contribution in [0.15, 0.2) is 66.7 Å². The molecule has 3 aromatic rings. The third-order valence-corrected chi connectivity index (χ3v) is 7.76. The molecule has 3 aromatic carbocycles. The quantitative estimate of drug-likeness (QED) is 0.540. The molecule has 2 amide bonds. The zero-order valence-corrected chi connectivity index (χ0v) is 17.3. The standard InChI is InChI=1S/C27H23NO2/c1-15-12-13-17(14-16(15)2)28-25(29)24-22-18-8-4-6-10-20(18)23(27(24,3)26(28)30)21-11-7-5-9-19(21)22/h4-14,22-24H,1-3H3/t22?,23?,24-,27-/m1/s1. The fraction of sp³-hybridized carbons (Fsp3) is 0.259. The second kappa shape index (κ2) is 5.69. The molecule has 0 saturated carbocycles. The van der Waals surface area contributed by atoms with Crippen LogP contribution < -0.4 is 4.90 Å². The Morgan fingerprint density at radius 3 is 1.90 bits per heavy atom. The molecule has 0 N–H and O–H groups in total. The SMILES string of the molecule is Cc1ccc(N2C(=O)[C@H]3C4c5ccccc5C(c5ccccc54)[C@@]3(C)C2=O)cc1C. The van der Waals surface area contributed by atoms with E-state index in [1.165, 1.54) is 27.2 Å². The number of rotatable bonds is 1. The molecule has 1 heterocycles. The fourth-order valence-electron chi connectivity index (χ4n) is 6.22. The van der Waals surface area contributed by atoms with Gasteiger partial charge in [-0.2, -0.15) is 0 Å². The lowest BCUT2D eigenvalue weighted by molar-refractivity contribution is -0.128. The van der Waals surface area contributed by atoms with Crippen molar-refractivity contribution in [3.05, 3.63) is 100 Å². The summed E-state index contributed by atoms with van der Waals surface area (Å²) < 4.78 is 0. The Morgan fingerprint density at radius 1 is 0.767 bits per heavy atom. The lowest BCUT2D eigenvalue weighted by Gasteiger charge is -2.51. The van der Waals surface area contributed by atoms with Crippen LogP contribution in [0.5, 0.6) is 0 Å². The van der Waals surface area contributed by atoms with E-state index in [0.29, 0.717) is 5.69 Å². The molecule has 7 rings (SSSR count). The van der Waals surface area contributed by atoms with Crippen molar-refractivity contribution in [1.82, 2.24) is 0 Å². The summed E-state index contributed by atoms with van der Waals surface area (Å²) in [6, 6.07) is 22.6. The van der Waals surface area contributed by atoms with E-state index in [1.54, 1.807) is 0 Å². The molecule has 3 aliphatic carbocycles. The predicted molar refractivity (Wildman–Crippen MR) is 117 cm³/mol. The minimum absolute atomic E-state index is 0.0650. The monoisotopic (exact) mass is 393 g/mol. The zero-order chi connectivity index (χ0) is 20.8. The van der Waals surface area contributed by atoms with Crippen molar-refractivity contribution in [3.8, 4) is 0 Å². The fourth-order valence-corrected chi connectivity index (χ4v) is 6.22. The van der Waals surface area contributed by atoms with Crippen molar-refractivity contribution < 1.29 is 9.59 Å². The van der Waals surface area contributed by atoms with Crippen LogP contribution in [0, 0.1) is 25.2 Å². The van der Waals surface area contributed by atoms with Gasteiger partial charge in [0.05, 0.1) is 17.0 Å². The van der Waals surface area contributed by atoms with Gasteiger partial charge in [0, 0.05) is 11.8 Å². The van der Waals surface area contributed by atoms with Crippen LogP contribution in [0.2, 0.25) is 0 Å². The highest BCUT2D eigenvalue weighted by Crippen LogP contribution is 2.67. The van der Waals surface area contributed by atoms with E-state index in [0.717, 1.165) is 11.1 Å². The lowest BCUT2D eigenvalue weighted by atomic mass is 9.48. The van der Waals surface area contributed by atoms with Crippen molar-refractivity contribution >= 4 is 17.5 Å². The number of amides is 2. The van der Waals surface area contributed by atoms with Crippen molar-refractivity contribution in [2.45, 2.75) is 32.6 Å². The first-order valence-corrected chi connectivity index (χ1v) is 10.6. The number of aryl methyl sites for hydroxylation is 2. The summed E-state index contributed by atoms with van der Waals surface area (Å²) in [5.74, 6) is -0.695. The molecule has 1 saturated heterocycles. The molecule has 1 aliphatic heterocycles. The molecular formula is C27H23NO2. The second-order valence-corrected chi connectivity index (χ2v) is 9.18. The number of benzene rings is 3. The molecule has 4 aliphatic rings. The third kappa shape index (κ3) is 1.91. The Labute approximate surface area is 176 Å². The van der Waals surface area contributed by atoms with Crippen molar-refractivity contribution in [1.29, 1.82) is 0 Å². The van der Waals surface area contributed by atoms with Gasteiger partial charge in [-0.25, -0.2) is 4.90 Å². The van der Waals surface area contributed by atoms with E-state index in [4.69, 9.17) is 0 Å². The van der Waals surface area contributed by atoms with Gasteiger partial charge in [-0.3, -0.25) is 9.59 Å². The Morgan fingerprint density at radius 2 is 1.33 bits per heavy atom. The first kappa shape index (κ1) is 17.6. The molecule has 0 unspecified atom stereocenters. The first-order chi connectivity index (χ1) is 14.4. The number of nitrogens with zero attached hydrogens (tertiary/aromatic N) is 1. The minimum Gasteiger partial charge on any atom is -0.274 e. The molecule has 3 heteroatoms. The van der Waals surface area contributed by atoms with Gasteiger partial charge >= 0.3 is 0 Å². The number of carbonyl (C=O) groups is 2. The smallest absolute Gasteiger partial charge is 0.241 e. The van der Waals surface area contributed by atoms with E-state index in [1.807, 2.05) is 63.2 Å². The minimum atomic E-state index is -0.775. The summed E-state index contributed by atoms with van der Waals surface area (Å²) >= 11 is 0. The summed E-state index contributed by atoms with van der Waals surface area (Å²) in [7, 11) is 0. The number of hydrogen-bond acceptors (Lipinski definition) is 2. The normalized spacial score (nSPS) is 28.4. The summed E-state index contributed by atoms with van der Waals surface area (Å²) in [4.78, 5) is 29.3. The maximum absolute atomic E-state index is 14.0. The summed E-state index contributed by atoms with van der Waals surface area (Å²) in [5.41, 5.74) is 6.95. The summed E-state index contributed by atoms with van der Waals surface area (Å²) in [5, 5.41) is 0. The number of carbonyl (C=O) groups excluding carboxylic acids is 2. The van der Waals surface area contributed by atoms with E-state index < -0.39 is 5.41 Å². The molecule has 3 nitrogen and oxygen atoms in total. The maximum atomic E-state index is 14.0. The van der Waals surface area contributed by atoms with Gasteiger partial charge in [0.1, 0.15) is 0 Å². The lowest BCUT2D eigenvalue weighted by Crippen LogP contribution is -2.49. The van der Waals surface area contributed by atoms with Gasteiger partial charge < -0.3 is 0 Å². The number of hydrogen-bond donors (Lipinski definition) is 0. The van der Waals surface area contributed by atoms with Crippen LogP contribution in [-0.2, 0) is 9.59 Å². The number of imide groups is 1. The van der Waals surface area contributed by atoms with Crippen LogP contribution in [-0.4, -0.2) is 11.8 Å². The Balaban J connectivity index is 1.61. The Hall–Kier alpha value is -3.20. The highest BCUT2D eigenvalue weighted by Gasteiger charge is 2.68. The number of anilines is 1. The van der Waals surface area contributed by atoms with Crippen LogP contribution in [0.3, 0.4) is 0 Å². The summed E-state index contributed by atoms with van der Waals surface area (Å²) in [6.45, 7) is 6.08. The molecule has 2 atom stereocenters. The molecule has 1 fully saturated rings. The van der Waals surface area contributed by atoms with Gasteiger partial charge in [-0.15, -0.1) is 0 Å². The molecular weight excluding hydrogens is 370 g/mol. The van der Waals surface area contributed by atoms with Crippen LogP contribution in [0.25, 0.3) is 0 Å². The van der Waals surface area contributed by atoms with Gasteiger partial charge in [-0.1, -0.05) is 54.6 Å². The first-order valence-electron chi connectivity index (χ1n) is 10.6. The van der Waals surface area contributed by atoms with Crippen LogP contribution >= 0.6 is 0 Å². The third-order valence-electron chi connectivity index (χ3n) is 7.76. The maximum Gasteiger partial charge on any atom is 0.241 e. The van der Waals surface area contributed by atoms with E-state index >= 15 is 0 Å². The van der Waals surface area contributed by atoms with Gasteiger partial charge in [0.2, 0.25) is 11.8 Å². The van der Waals surface area contributed by atoms with Crippen molar-refractivity contribution in [2.24, 2.45) is 11.3 Å². The molecule has 30 heavy (non-hydrogen) atoms. The molecule has 2 bridgehead atoms. The summed E-state index contributed by atoms with van der Waals surface area (Å²) in [6.07, 6.45) is 0. The van der Waals surface area contributed by atoms with Crippen LogP contribution in [0.4, 0.5) is 5.69 Å². The molecule has 0 spiro atoms. The molecule has 0 radical (unpaired) electrons. The van der Waals surface area contributed by atoms with Crippen LogP contribution in [0.1, 0.15) is 52.1 Å². The predicted octanol–water partition coefficient (Wildman–Crippen LogP) is 5.09. The van der Waals surface area contributed by atoms with Crippen molar-refractivity contribution in [2.75, 3.05) is 4.90 Å². The van der Waals surface area contributed by atoms with E-state index in [2.05, 4.69) is 24.3 Å². The molecule has 0 aromatic heterocycles. The average Bonchev–Trinajstić information content (AvgIpc) is 2.96. The van der Waals surface area contributed by atoms with Gasteiger partial charge in [0.25, 0.3) is 0 Å². The zero-order valence-electron chi connectivity index (χ0n) is 17.3. The van der Waals surface area contributed by atoms with Gasteiger partial charge in [-0.05, 0) is 66.3 Å². The topological polar surface area (TPSA) is 37.4 Å². The van der Waals surface area contributed by atoms with Gasteiger partial charge in [0.15, 0.2) is 0 Å². The highest BCUT2D eigenvalue weighted by atomic mass is 16.2. The van der Waals surface area contributed by atoms with Crippen molar-refractivity contribution in [3.63, 3.8) is 0 Å². The average molecular weight is 393 g/mol. The molecule has 148 valence electrons. The Kier molecular flexibility index (Phi) is 3.35. The highest BCUT2D eigenvalue weighted by molar-refractivity contribution is 6.25.